The van der Waals surface area contributed by atoms with E-state index < -0.39 is 32.1 Å². The van der Waals surface area contributed by atoms with Crippen molar-refractivity contribution >= 4 is 27.4 Å². The summed E-state index contributed by atoms with van der Waals surface area (Å²) >= 11 is 5.68. The number of carbonyl (C=O) groups is 1. The maximum absolute atomic E-state index is 14.0. The van der Waals surface area contributed by atoms with Gasteiger partial charge in [-0.05, 0) is 18.1 Å². The number of hydrogen-bond donors (Lipinski definition) is 1. The molecule has 0 aliphatic rings. The molecule has 112 valence electrons. The molecule has 0 unspecified atom stereocenters. The van der Waals surface area contributed by atoms with Gasteiger partial charge < -0.3 is 5.11 Å². The van der Waals surface area contributed by atoms with Gasteiger partial charge in [-0.2, -0.15) is 0 Å². The Bertz CT molecular complexity index is 609. The monoisotopic (exact) mass is 322 g/mol. The van der Waals surface area contributed by atoms with Crippen molar-refractivity contribution in [2.75, 3.05) is 5.75 Å². The van der Waals surface area contributed by atoms with E-state index in [1.807, 2.05) is 13.8 Å². The molecule has 0 aliphatic carbocycles. The van der Waals surface area contributed by atoms with Crippen LogP contribution in [-0.4, -0.2) is 25.2 Å². The number of rotatable bonds is 6. The topological polar surface area (TPSA) is 71.4 Å². The maximum atomic E-state index is 14.0. The van der Waals surface area contributed by atoms with E-state index in [0.717, 1.165) is 12.1 Å². The lowest BCUT2D eigenvalue weighted by atomic mass is 10.1. The van der Waals surface area contributed by atoms with E-state index in [1.54, 1.807) is 0 Å². The van der Waals surface area contributed by atoms with Crippen molar-refractivity contribution in [1.82, 2.24) is 0 Å². The van der Waals surface area contributed by atoms with E-state index in [9.17, 15) is 17.6 Å². The van der Waals surface area contributed by atoms with Crippen molar-refractivity contribution in [3.05, 3.63) is 28.5 Å². The molecule has 0 spiro atoms. The van der Waals surface area contributed by atoms with Crippen LogP contribution >= 0.6 is 11.6 Å². The summed E-state index contributed by atoms with van der Waals surface area (Å²) in [6.45, 7) is 3.70. The lowest BCUT2D eigenvalue weighted by molar-refractivity contribution is 0.0691. The number of aromatic carboxylic acids is 1. The van der Waals surface area contributed by atoms with Crippen molar-refractivity contribution in [3.63, 3.8) is 0 Å². The summed E-state index contributed by atoms with van der Waals surface area (Å²) < 4.78 is 38.5. The highest BCUT2D eigenvalue weighted by Gasteiger charge is 2.27. The van der Waals surface area contributed by atoms with Gasteiger partial charge in [0.05, 0.1) is 11.3 Å². The smallest absolute Gasteiger partial charge is 0.338 e. The number of halogens is 2. The second-order valence-electron chi connectivity index (χ2n) is 4.53. The molecule has 20 heavy (non-hydrogen) atoms. The lowest BCUT2D eigenvalue weighted by Gasteiger charge is -2.14. The zero-order valence-corrected chi connectivity index (χ0v) is 12.8. The third-order valence-electron chi connectivity index (χ3n) is 3.18. The first-order valence-electron chi connectivity index (χ1n) is 6.18. The molecule has 0 heterocycles. The average molecular weight is 323 g/mol. The molecule has 0 aromatic heterocycles. The molecule has 0 atom stereocenters. The first kappa shape index (κ1) is 16.9. The van der Waals surface area contributed by atoms with Crippen LogP contribution in [0.15, 0.2) is 17.0 Å². The average Bonchev–Trinajstić information content (AvgIpc) is 2.37. The Morgan fingerprint density at radius 3 is 2.35 bits per heavy atom. The van der Waals surface area contributed by atoms with E-state index in [-0.39, 0.29) is 16.7 Å². The summed E-state index contributed by atoms with van der Waals surface area (Å²) in [5.41, 5.74) is -0.736. The maximum Gasteiger partial charge on any atom is 0.338 e. The van der Waals surface area contributed by atoms with Gasteiger partial charge in [-0.15, -0.1) is 0 Å². The third kappa shape index (κ3) is 3.70. The van der Waals surface area contributed by atoms with Gasteiger partial charge >= 0.3 is 5.97 Å². The van der Waals surface area contributed by atoms with Crippen LogP contribution in [0, 0.1) is 11.7 Å². The van der Waals surface area contributed by atoms with Crippen LogP contribution in [0.1, 0.15) is 37.0 Å². The van der Waals surface area contributed by atoms with E-state index in [0.29, 0.717) is 12.8 Å². The Balaban J connectivity index is 3.35. The quantitative estimate of drug-likeness (QED) is 0.871. The highest BCUT2D eigenvalue weighted by Crippen LogP contribution is 2.26. The second-order valence-corrected chi connectivity index (χ2v) is 6.97. The first-order chi connectivity index (χ1) is 9.22. The number of sulfone groups is 1. The number of carboxylic acids is 1. The number of hydrogen-bond acceptors (Lipinski definition) is 3. The van der Waals surface area contributed by atoms with Gasteiger partial charge in [0, 0.05) is 5.02 Å². The minimum atomic E-state index is -3.92. The van der Waals surface area contributed by atoms with Crippen LogP contribution in [0.3, 0.4) is 0 Å². The van der Waals surface area contributed by atoms with E-state index in [4.69, 9.17) is 16.7 Å². The summed E-state index contributed by atoms with van der Waals surface area (Å²) in [4.78, 5) is 10.3. The lowest BCUT2D eigenvalue weighted by Crippen LogP contribution is -2.18. The molecule has 0 bridgehead atoms. The van der Waals surface area contributed by atoms with Gasteiger partial charge in [0.2, 0.25) is 0 Å². The zero-order valence-electron chi connectivity index (χ0n) is 11.2. The normalized spacial score (nSPS) is 11.8. The van der Waals surface area contributed by atoms with Crippen molar-refractivity contribution in [2.45, 2.75) is 31.6 Å². The minimum absolute atomic E-state index is 0.105. The van der Waals surface area contributed by atoms with Gasteiger partial charge in [0.1, 0.15) is 4.90 Å². The Hall–Kier alpha value is -1.14. The Morgan fingerprint density at radius 2 is 1.90 bits per heavy atom. The summed E-state index contributed by atoms with van der Waals surface area (Å²) in [5.74, 6) is -3.14. The molecule has 0 aliphatic heterocycles. The molecule has 1 rings (SSSR count). The zero-order chi connectivity index (χ0) is 15.5. The Kier molecular flexibility index (Phi) is 5.53. The third-order valence-corrected chi connectivity index (χ3v) is 5.27. The largest absolute Gasteiger partial charge is 0.478 e. The van der Waals surface area contributed by atoms with Gasteiger partial charge in [0.15, 0.2) is 15.7 Å². The van der Waals surface area contributed by atoms with Gasteiger partial charge in [-0.25, -0.2) is 17.6 Å². The summed E-state index contributed by atoms with van der Waals surface area (Å²) in [6, 6.07) is 1.86. The molecular weight excluding hydrogens is 307 g/mol. The number of benzene rings is 1. The minimum Gasteiger partial charge on any atom is -0.478 e. The van der Waals surface area contributed by atoms with Crippen LogP contribution < -0.4 is 0 Å². The molecule has 0 radical (unpaired) electrons. The highest BCUT2D eigenvalue weighted by atomic mass is 35.5. The van der Waals surface area contributed by atoms with Crippen molar-refractivity contribution in [1.29, 1.82) is 0 Å². The standard InChI is InChI=1S/C13H16ClFO4S/c1-3-8(4-2)7-20(18,19)11-6-9(14)5-10(12(11)15)13(16)17/h5-6,8H,3-4,7H2,1-2H3,(H,16,17). The van der Waals surface area contributed by atoms with Gasteiger partial charge in [0.25, 0.3) is 0 Å². The molecule has 1 aromatic rings. The van der Waals surface area contributed by atoms with E-state index >= 15 is 0 Å². The predicted octanol–water partition coefficient (Wildman–Crippen LogP) is 3.39. The SMILES string of the molecule is CCC(CC)CS(=O)(=O)c1cc(Cl)cc(C(=O)O)c1F. The Labute approximate surface area is 122 Å². The fourth-order valence-corrected chi connectivity index (χ4v) is 4.11. The molecule has 0 saturated heterocycles. The van der Waals surface area contributed by atoms with Gasteiger partial charge in [-0.1, -0.05) is 38.3 Å². The highest BCUT2D eigenvalue weighted by molar-refractivity contribution is 7.91. The molecule has 0 amide bonds. The summed E-state index contributed by atoms with van der Waals surface area (Å²) in [6.07, 6.45) is 1.29. The molecule has 1 N–H and O–H groups in total. The number of carboxylic acid groups (broad SMARTS) is 1. The van der Waals surface area contributed by atoms with Crippen LogP contribution in [0.5, 0.6) is 0 Å². The molecular formula is C13H16ClFO4S. The fourth-order valence-electron chi connectivity index (χ4n) is 1.87. The summed E-state index contributed by atoms with van der Waals surface area (Å²) in [5, 5.41) is 8.74. The van der Waals surface area contributed by atoms with Gasteiger partial charge in [-0.3, -0.25) is 0 Å². The van der Waals surface area contributed by atoms with E-state index in [2.05, 4.69) is 0 Å². The predicted molar refractivity (Wildman–Crippen MR) is 74.5 cm³/mol. The molecule has 7 heteroatoms. The van der Waals surface area contributed by atoms with Crippen molar-refractivity contribution < 1.29 is 22.7 Å². The van der Waals surface area contributed by atoms with Crippen molar-refractivity contribution in [3.8, 4) is 0 Å². The molecule has 1 aromatic carbocycles. The second kappa shape index (κ2) is 6.54. The summed E-state index contributed by atoms with van der Waals surface area (Å²) in [7, 11) is -3.92. The van der Waals surface area contributed by atoms with E-state index in [1.165, 1.54) is 0 Å². The Morgan fingerprint density at radius 1 is 1.35 bits per heavy atom. The molecule has 0 fully saturated rings. The van der Waals surface area contributed by atoms with Crippen LogP contribution in [0.4, 0.5) is 4.39 Å². The fraction of sp³-hybridized carbons (Fsp3) is 0.462. The van der Waals surface area contributed by atoms with Crippen LogP contribution in [-0.2, 0) is 9.84 Å². The van der Waals surface area contributed by atoms with Crippen molar-refractivity contribution in [2.24, 2.45) is 5.92 Å². The molecule has 0 saturated carbocycles. The van der Waals surface area contributed by atoms with Crippen LogP contribution in [0.25, 0.3) is 0 Å². The molecule has 4 nitrogen and oxygen atoms in total. The van der Waals surface area contributed by atoms with Crippen LogP contribution in [0.2, 0.25) is 5.02 Å². The first-order valence-corrected chi connectivity index (χ1v) is 8.21.